The maximum absolute atomic E-state index is 5.93. The van der Waals surface area contributed by atoms with Gasteiger partial charge in [-0.25, -0.2) is 4.98 Å². The smallest absolute Gasteiger partial charge is 0.122 e. The molecule has 2 rings (SSSR count). The average Bonchev–Trinajstić information content (AvgIpc) is 2.93. The van der Waals surface area contributed by atoms with Gasteiger partial charge in [0.2, 0.25) is 0 Å². The van der Waals surface area contributed by atoms with Crippen LogP contribution in [0.5, 0.6) is 5.75 Å². The van der Waals surface area contributed by atoms with Crippen molar-refractivity contribution in [2.24, 2.45) is 5.73 Å². The first-order valence-electron chi connectivity index (χ1n) is 6.54. The Hall–Kier alpha value is -1.81. The maximum atomic E-state index is 5.93. The normalized spacial score (nSPS) is 12.7. The lowest BCUT2D eigenvalue weighted by atomic mass is 9.92. The van der Waals surface area contributed by atoms with Crippen LogP contribution in [0.15, 0.2) is 30.6 Å². The number of hydrogen-bond acceptors (Lipinski definition) is 3. The lowest BCUT2D eigenvalue weighted by Crippen LogP contribution is -2.16. The molecule has 0 amide bonds. The van der Waals surface area contributed by atoms with Crippen molar-refractivity contribution in [3.8, 4) is 5.75 Å². The molecule has 2 aromatic rings. The second-order valence-corrected chi connectivity index (χ2v) is 4.92. The van der Waals surface area contributed by atoms with Crippen molar-refractivity contribution in [2.45, 2.75) is 25.7 Å². The van der Waals surface area contributed by atoms with Gasteiger partial charge >= 0.3 is 0 Å². The number of aromatic nitrogens is 2. The third-order valence-corrected chi connectivity index (χ3v) is 3.38. The molecule has 0 spiro atoms. The summed E-state index contributed by atoms with van der Waals surface area (Å²) in [5, 5.41) is 0. The Morgan fingerprint density at radius 3 is 2.68 bits per heavy atom. The van der Waals surface area contributed by atoms with Gasteiger partial charge in [-0.2, -0.15) is 0 Å². The molecule has 4 heteroatoms. The van der Waals surface area contributed by atoms with Crippen LogP contribution in [0.4, 0.5) is 0 Å². The monoisotopic (exact) mass is 259 g/mol. The van der Waals surface area contributed by atoms with E-state index in [1.165, 1.54) is 5.56 Å². The number of rotatable bonds is 5. The molecule has 0 bridgehead atoms. The van der Waals surface area contributed by atoms with Crippen LogP contribution in [0.2, 0.25) is 0 Å². The highest BCUT2D eigenvalue weighted by Gasteiger charge is 2.20. The molecule has 0 aliphatic rings. The second-order valence-electron chi connectivity index (χ2n) is 4.92. The summed E-state index contributed by atoms with van der Waals surface area (Å²) in [5.41, 5.74) is 8.30. The molecule has 0 fully saturated rings. The number of aromatic amines is 1. The van der Waals surface area contributed by atoms with E-state index in [0.29, 0.717) is 12.5 Å². The number of methoxy groups -OCH3 is 1. The largest absolute Gasteiger partial charge is 0.496 e. The van der Waals surface area contributed by atoms with Gasteiger partial charge in [0, 0.05) is 24.5 Å². The third-order valence-electron chi connectivity index (χ3n) is 3.38. The Bertz CT molecular complexity index is 520. The summed E-state index contributed by atoms with van der Waals surface area (Å²) >= 11 is 0. The van der Waals surface area contributed by atoms with E-state index in [9.17, 15) is 0 Å². The first-order valence-corrected chi connectivity index (χ1v) is 6.54. The summed E-state index contributed by atoms with van der Waals surface area (Å²) < 4.78 is 5.46. The molecule has 0 aliphatic heterocycles. The van der Waals surface area contributed by atoms with Crippen LogP contribution in [-0.2, 0) is 0 Å². The fourth-order valence-electron chi connectivity index (χ4n) is 2.24. The maximum Gasteiger partial charge on any atom is 0.122 e. The molecule has 19 heavy (non-hydrogen) atoms. The predicted octanol–water partition coefficient (Wildman–Crippen LogP) is 2.63. The van der Waals surface area contributed by atoms with Gasteiger partial charge in [-0.15, -0.1) is 0 Å². The van der Waals surface area contributed by atoms with Crippen LogP contribution in [0.3, 0.4) is 0 Å². The molecule has 0 aliphatic carbocycles. The molecule has 1 aromatic heterocycles. The number of hydrogen-bond donors (Lipinski definition) is 2. The zero-order chi connectivity index (χ0) is 13.8. The van der Waals surface area contributed by atoms with Crippen molar-refractivity contribution in [3.05, 3.63) is 47.5 Å². The van der Waals surface area contributed by atoms with Gasteiger partial charge in [0.25, 0.3) is 0 Å². The van der Waals surface area contributed by atoms with Crippen LogP contribution in [-0.4, -0.2) is 23.6 Å². The summed E-state index contributed by atoms with van der Waals surface area (Å²) in [6.45, 7) is 4.84. The summed E-state index contributed by atoms with van der Waals surface area (Å²) in [6, 6.07) is 6.28. The highest BCUT2D eigenvalue weighted by Crippen LogP contribution is 2.32. The first-order chi connectivity index (χ1) is 9.17. The molecule has 0 saturated carbocycles. The minimum atomic E-state index is 0.0312. The molecule has 1 aromatic carbocycles. The van der Waals surface area contributed by atoms with Gasteiger partial charge in [-0.1, -0.05) is 26.0 Å². The zero-order valence-corrected chi connectivity index (χ0v) is 11.7. The molecule has 0 radical (unpaired) electrons. The molecule has 1 heterocycles. The minimum Gasteiger partial charge on any atom is -0.496 e. The van der Waals surface area contributed by atoms with Crippen molar-refractivity contribution in [1.82, 2.24) is 9.97 Å². The molecule has 3 N–H and O–H groups in total. The molecule has 4 nitrogen and oxygen atoms in total. The van der Waals surface area contributed by atoms with Crippen LogP contribution < -0.4 is 10.5 Å². The van der Waals surface area contributed by atoms with Crippen molar-refractivity contribution in [3.63, 3.8) is 0 Å². The van der Waals surface area contributed by atoms with E-state index < -0.39 is 0 Å². The van der Waals surface area contributed by atoms with Crippen LogP contribution in [0.1, 0.15) is 42.6 Å². The van der Waals surface area contributed by atoms with Crippen LogP contribution in [0.25, 0.3) is 0 Å². The molecule has 0 saturated heterocycles. The highest BCUT2D eigenvalue weighted by molar-refractivity contribution is 5.43. The molecule has 1 unspecified atom stereocenters. The van der Waals surface area contributed by atoms with Gasteiger partial charge in [-0.05, 0) is 17.5 Å². The summed E-state index contributed by atoms with van der Waals surface area (Å²) in [4.78, 5) is 7.46. The number of benzene rings is 1. The summed E-state index contributed by atoms with van der Waals surface area (Å²) in [6.07, 6.45) is 3.56. The first kappa shape index (κ1) is 13.6. The molecule has 1 atom stereocenters. The van der Waals surface area contributed by atoms with Crippen molar-refractivity contribution in [1.29, 1.82) is 0 Å². The number of ether oxygens (including phenoxy) is 1. The Balaban J connectivity index is 2.48. The SMILES string of the molecule is COc1ccc(C(C)C)cc1C(CN)c1ncc[nH]1. The fourth-order valence-corrected chi connectivity index (χ4v) is 2.24. The fraction of sp³-hybridized carbons (Fsp3) is 0.400. The summed E-state index contributed by atoms with van der Waals surface area (Å²) in [5.74, 6) is 2.24. The van der Waals surface area contributed by atoms with Crippen LogP contribution in [0, 0.1) is 0 Å². The molecular weight excluding hydrogens is 238 g/mol. The Kier molecular flexibility index (Phi) is 4.22. The minimum absolute atomic E-state index is 0.0312. The standard InChI is InChI=1S/C15H21N3O/c1-10(2)11-4-5-14(19-3)12(8-11)13(9-16)15-17-6-7-18-15/h4-8,10,13H,9,16H2,1-3H3,(H,17,18). The predicted molar refractivity (Wildman–Crippen MR) is 76.6 cm³/mol. The van der Waals surface area contributed by atoms with E-state index in [0.717, 1.165) is 17.1 Å². The lowest BCUT2D eigenvalue weighted by molar-refractivity contribution is 0.407. The van der Waals surface area contributed by atoms with Crippen molar-refractivity contribution >= 4 is 0 Å². The number of nitrogens with zero attached hydrogens (tertiary/aromatic N) is 1. The van der Waals surface area contributed by atoms with Gasteiger partial charge in [-0.3, -0.25) is 0 Å². The number of H-pyrrole nitrogens is 1. The Morgan fingerprint density at radius 2 is 2.16 bits per heavy atom. The topological polar surface area (TPSA) is 63.9 Å². The Morgan fingerprint density at radius 1 is 1.37 bits per heavy atom. The van der Waals surface area contributed by atoms with Gasteiger partial charge in [0.15, 0.2) is 0 Å². The second kappa shape index (κ2) is 5.89. The molecule has 102 valence electrons. The van der Waals surface area contributed by atoms with E-state index in [-0.39, 0.29) is 5.92 Å². The van der Waals surface area contributed by atoms with E-state index >= 15 is 0 Å². The number of imidazole rings is 1. The average molecular weight is 259 g/mol. The Labute approximate surface area is 114 Å². The lowest BCUT2D eigenvalue weighted by Gasteiger charge is -2.18. The third kappa shape index (κ3) is 2.79. The van der Waals surface area contributed by atoms with E-state index in [2.05, 4.69) is 35.9 Å². The zero-order valence-electron chi connectivity index (χ0n) is 11.7. The number of nitrogens with two attached hydrogens (primary N) is 1. The summed E-state index contributed by atoms with van der Waals surface area (Å²) in [7, 11) is 1.68. The highest BCUT2D eigenvalue weighted by atomic mass is 16.5. The van der Waals surface area contributed by atoms with Crippen LogP contribution >= 0.6 is 0 Å². The van der Waals surface area contributed by atoms with E-state index in [1.807, 2.05) is 12.3 Å². The van der Waals surface area contributed by atoms with Gasteiger partial charge < -0.3 is 15.5 Å². The van der Waals surface area contributed by atoms with Crippen molar-refractivity contribution in [2.75, 3.05) is 13.7 Å². The quantitative estimate of drug-likeness (QED) is 0.867. The van der Waals surface area contributed by atoms with Gasteiger partial charge in [0.05, 0.1) is 13.0 Å². The van der Waals surface area contributed by atoms with E-state index in [1.54, 1.807) is 13.3 Å². The van der Waals surface area contributed by atoms with E-state index in [4.69, 9.17) is 10.5 Å². The van der Waals surface area contributed by atoms with Crippen molar-refractivity contribution < 1.29 is 4.74 Å². The van der Waals surface area contributed by atoms with Gasteiger partial charge in [0.1, 0.15) is 11.6 Å². The molecular formula is C15H21N3O. The number of nitrogens with one attached hydrogen (secondary N) is 1.